The van der Waals surface area contributed by atoms with Crippen molar-refractivity contribution < 1.29 is 4.92 Å². The number of nitrogens with two attached hydrogens (primary N) is 1. The third-order valence-electron chi connectivity index (χ3n) is 3.36. The molecule has 1 aromatic rings. The predicted octanol–water partition coefficient (Wildman–Crippen LogP) is 1.59. The van der Waals surface area contributed by atoms with Crippen LogP contribution in [0.3, 0.4) is 0 Å². The van der Waals surface area contributed by atoms with Gasteiger partial charge in [-0.15, -0.1) is 0 Å². The van der Waals surface area contributed by atoms with E-state index in [0.29, 0.717) is 11.7 Å². The number of anilines is 2. The second-order valence-electron chi connectivity index (χ2n) is 4.56. The lowest BCUT2D eigenvalue weighted by atomic mass is 9.96. The van der Waals surface area contributed by atoms with E-state index in [0.717, 1.165) is 25.9 Å². The summed E-state index contributed by atoms with van der Waals surface area (Å²) in [5, 5.41) is 11.0. The average molecular weight is 251 g/mol. The van der Waals surface area contributed by atoms with Crippen LogP contribution < -0.4 is 10.6 Å². The summed E-state index contributed by atoms with van der Waals surface area (Å²) >= 11 is 0. The van der Waals surface area contributed by atoms with E-state index in [9.17, 15) is 10.1 Å². The molecular weight excluding hydrogens is 234 g/mol. The highest BCUT2D eigenvalue weighted by Gasteiger charge is 2.26. The first-order valence-electron chi connectivity index (χ1n) is 6.13. The van der Waals surface area contributed by atoms with E-state index in [-0.39, 0.29) is 11.6 Å². The van der Waals surface area contributed by atoms with Crippen molar-refractivity contribution in [1.29, 1.82) is 0 Å². The number of nitrogen functional groups attached to an aromatic ring is 1. The molecule has 1 unspecified atom stereocenters. The van der Waals surface area contributed by atoms with Crippen molar-refractivity contribution in [2.45, 2.75) is 26.2 Å². The maximum absolute atomic E-state index is 11.0. The SMILES string of the molecule is CCC1CCCN(c2nc(N)ncc2[N+](=O)[O-])C1. The van der Waals surface area contributed by atoms with Crippen LogP contribution in [0.1, 0.15) is 26.2 Å². The number of piperidine rings is 1. The van der Waals surface area contributed by atoms with E-state index >= 15 is 0 Å². The molecule has 98 valence electrons. The number of nitro groups is 1. The molecule has 0 radical (unpaired) electrons. The minimum Gasteiger partial charge on any atom is -0.368 e. The van der Waals surface area contributed by atoms with Crippen molar-refractivity contribution in [3.63, 3.8) is 0 Å². The van der Waals surface area contributed by atoms with E-state index in [1.807, 2.05) is 4.90 Å². The molecular formula is C11H17N5O2. The maximum Gasteiger partial charge on any atom is 0.329 e. The first kappa shape index (κ1) is 12.5. The Bertz CT molecular complexity index is 451. The van der Waals surface area contributed by atoms with Gasteiger partial charge >= 0.3 is 5.69 Å². The molecule has 1 fully saturated rings. The van der Waals surface area contributed by atoms with Crippen LogP contribution in [0.2, 0.25) is 0 Å². The highest BCUT2D eigenvalue weighted by Crippen LogP contribution is 2.30. The lowest BCUT2D eigenvalue weighted by molar-refractivity contribution is -0.384. The smallest absolute Gasteiger partial charge is 0.329 e. The zero-order valence-corrected chi connectivity index (χ0v) is 10.4. The van der Waals surface area contributed by atoms with Gasteiger partial charge in [-0.1, -0.05) is 13.3 Å². The van der Waals surface area contributed by atoms with Gasteiger partial charge in [0.05, 0.1) is 4.92 Å². The van der Waals surface area contributed by atoms with Gasteiger partial charge in [0, 0.05) is 13.1 Å². The summed E-state index contributed by atoms with van der Waals surface area (Å²) in [5.74, 6) is 0.995. The van der Waals surface area contributed by atoms with Gasteiger partial charge in [-0.2, -0.15) is 4.98 Å². The fourth-order valence-corrected chi connectivity index (χ4v) is 2.33. The Kier molecular flexibility index (Phi) is 3.59. The van der Waals surface area contributed by atoms with E-state index in [4.69, 9.17) is 5.73 Å². The van der Waals surface area contributed by atoms with Crippen molar-refractivity contribution in [2.24, 2.45) is 5.92 Å². The van der Waals surface area contributed by atoms with Crippen molar-refractivity contribution in [3.05, 3.63) is 16.3 Å². The number of hydrogen-bond acceptors (Lipinski definition) is 6. The van der Waals surface area contributed by atoms with Crippen LogP contribution >= 0.6 is 0 Å². The van der Waals surface area contributed by atoms with Crippen molar-refractivity contribution >= 4 is 17.5 Å². The molecule has 2 N–H and O–H groups in total. The van der Waals surface area contributed by atoms with Gasteiger partial charge in [0.2, 0.25) is 11.8 Å². The topological polar surface area (TPSA) is 98.2 Å². The van der Waals surface area contributed by atoms with Crippen LogP contribution in [0.15, 0.2) is 6.20 Å². The number of aromatic nitrogens is 2. The van der Waals surface area contributed by atoms with Crippen LogP contribution in [0.25, 0.3) is 0 Å². The van der Waals surface area contributed by atoms with Crippen molar-refractivity contribution in [1.82, 2.24) is 9.97 Å². The van der Waals surface area contributed by atoms with Gasteiger partial charge in [0.25, 0.3) is 0 Å². The quantitative estimate of drug-likeness (QED) is 0.647. The molecule has 0 spiro atoms. The molecule has 0 bridgehead atoms. The molecule has 18 heavy (non-hydrogen) atoms. The molecule has 1 atom stereocenters. The van der Waals surface area contributed by atoms with E-state index < -0.39 is 4.92 Å². The maximum atomic E-state index is 11.0. The van der Waals surface area contributed by atoms with Crippen LogP contribution in [-0.2, 0) is 0 Å². The molecule has 7 nitrogen and oxygen atoms in total. The highest BCUT2D eigenvalue weighted by molar-refractivity contribution is 5.58. The molecule has 2 rings (SSSR count). The number of rotatable bonds is 3. The van der Waals surface area contributed by atoms with Crippen LogP contribution in [0.4, 0.5) is 17.5 Å². The van der Waals surface area contributed by atoms with Gasteiger partial charge < -0.3 is 10.6 Å². The Morgan fingerprint density at radius 3 is 3.11 bits per heavy atom. The van der Waals surface area contributed by atoms with Crippen LogP contribution in [-0.4, -0.2) is 28.0 Å². The average Bonchev–Trinajstić information content (AvgIpc) is 2.38. The molecule has 1 saturated heterocycles. The second kappa shape index (κ2) is 5.16. The van der Waals surface area contributed by atoms with E-state index in [2.05, 4.69) is 16.9 Å². The molecule has 0 aromatic carbocycles. The summed E-state index contributed by atoms with van der Waals surface area (Å²) in [6, 6.07) is 0. The van der Waals surface area contributed by atoms with Gasteiger partial charge in [0.1, 0.15) is 6.20 Å². The predicted molar refractivity (Wildman–Crippen MR) is 68.3 cm³/mol. The summed E-state index contributed by atoms with van der Waals surface area (Å²) in [5.41, 5.74) is 5.46. The summed E-state index contributed by atoms with van der Waals surface area (Å²) in [6.45, 7) is 3.72. The van der Waals surface area contributed by atoms with Crippen LogP contribution in [0.5, 0.6) is 0 Å². The minimum absolute atomic E-state index is 0.0686. The van der Waals surface area contributed by atoms with Crippen molar-refractivity contribution in [2.75, 3.05) is 23.7 Å². The number of hydrogen-bond donors (Lipinski definition) is 1. The lowest BCUT2D eigenvalue weighted by Gasteiger charge is -2.32. The molecule has 7 heteroatoms. The lowest BCUT2D eigenvalue weighted by Crippen LogP contribution is -2.36. The normalized spacial score (nSPS) is 19.8. The third kappa shape index (κ3) is 2.49. The Hall–Kier alpha value is -1.92. The zero-order chi connectivity index (χ0) is 13.1. The highest BCUT2D eigenvalue weighted by atomic mass is 16.6. The summed E-state index contributed by atoms with van der Waals surface area (Å²) in [7, 11) is 0. The summed E-state index contributed by atoms with van der Waals surface area (Å²) in [4.78, 5) is 20.2. The minimum atomic E-state index is -0.454. The summed E-state index contributed by atoms with van der Waals surface area (Å²) < 4.78 is 0. The first-order valence-corrected chi connectivity index (χ1v) is 6.13. The van der Waals surface area contributed by atoms with Gasteiger partial charge in [-0.25, -0.2) is 4.98 Å². The largest absolute Gasteiger partial charge is 0.368 e. The molecule has 0 amide bonds. The molecule has 0 aliphatic carbocycles. The number of nitrogens with zero attached hydrogens (tertiary/aromatic N) is 4. The van der Waals surface area contributed by atoms with Crippen molar-refractivity contribution in [3.8, 4) is 0 Å². The Labute approximate surface area is 105 Å². The Balaban J connectivity index is 2.31. The molecule has 0 saturated carbocycles. The van der Waals surface area contributed by atoms with E-state index in [1.165, 1.54) is 12.6 Å². The van der Waals surface area contributed by atoms with Gasteiger partial charge in [-0.05, 0) is 18.8 Å². The summed E-state index contributed by atoms with van der Waals surface area (Å²) in [6.07, 6.45) is 4.46. The fraction of sp³-hybridized carbons (Fsp3) is 0.636. The first-order chi connectivity index (χ1) is 8.61. The Morgan fingerprint density at radius 2 is 2.44 bits per heavy atom. The van der Waals surface area contributed by atoms with Crippen LogP contribution in [0, 0.1) is 16.0 Å². The molecule has 1 aliphatic rings. The zero-order valence-electron chi connectivity index (χ0n) is 10.4. The monoisotopic (exact) mass is 251 g/mol. The molecule has 2 heterocycles. The van der Waals surface area contributed by atoms with Gasteiger partial charge in [-0.3, -0.25) is 10.1 Å². The fourth-order valence-electron chi connectivity index (χ4n) is 2.33. The standard InChI is InChI=1S/C11H17N5O2/c1-2-8-4-3-5-15(7-8)10-9(16(17)18)6-13-11(12)14-10/h6,8H,2-5,7H2,1H3,(H2,12,13,14). The second-order valence-corrected chi connectivity index (χ2v) is 4.56. The molecule has 1 aliphatic heterocycles. The van der Waals surface area contributed by atoms with E-state index in [1.54, 1.807) is 0 Å². The Morgan fingerprint density at radius 1 is 1.67 bits per heavy atom. The van der Waals surface area contributed by atoms with Gasteiger partial charge in [0.15, 0.2) is 0 Å². The third-order valence-corrected chi connectivity index (χ3v) is 3.36. The molecule has 1 aromatic heterocycles.